The highest BCUT2D eigenvalue weighted by Crippen LogP contribution is 2.35. The average molecular weight is 398 g/mol. The van der Waals surface area contributed by atoms with Crippen LogP contribution in [0.1, 0.15) is 17.7 Å². The molecule has 0 aliphatic carbocycles. The number of aromatic nitrogens is 3. The van der Waals surface area contributed by atoms with E-state index in [1.165, 1.54) is 10.6 Å². The second-order valence-corrected chi connectivity index (χ2v) is 8.95. The molecule has 0 saturated carbocycles. The van der Waals surface area contributed by atoms with Crippen LogP contribution >= 0.6 is 0 Å². The van der Waals surface area contributed by atoms with Crippen molar-refractivity contribution in [3.05, 3.63) is 47.9 Å². The van der Waals surface area contributed by atoms with Crippen LogP contribution in [0.25, 0.3) is 27.9 Å². The zero-order valence-electron chi connectivity index (χ0n) is 16.1. The quantitative estimate of drug-likeness (QED) is 0.730. The average Bonchev–Trinajstić information content (AvgIpc) is 3.11. The van der Waals surface area contributed by atoms with Gasteiger partial charge in [0.2, 0.25) is 10.0 Å². The van der Waals surface area contributed by atoms with Gasteiger partial charge in [0, 0.05) is 29.7 Å². The summed E-state index contributed by atoms with van der Waals surface area (Å²) in [7, 11) is -1.52. The van der Waals surface area contributed by atoms with E-state index in [4.69, 9.17) is 4.74 Å². The van der Waals surface area contributed by atoms with Crippen LogP contribution < -0.4 is 4.74 Å². The van der Waals surface area contributed by atoms with Gasteiger partial charge in [-0.25, -0.2) is 18.4 Å². The first kappa shape index (κ1) is 18.6. The van der Waals surface area contributed by atoms with Gasteiger partial charge in [0.05, 0.1) is 19.1 Å². The number of hydrogen-bond acceptors (Lipinski definition) is 5. The number of sulfonamides is 1. The molecule has 0 spiro atoms. The molecule has 3 aromatic rings. The summed E-state index contributed by atoms with van der Waals surface area (Å²) in [6.07, 6.45) is 5.39. The lowest BCUT2D eigenvalue weighted by Gasteiger charge is -2.23. The molecule has 0 atom stereocenters. The number of aryl methyl sites for hydroxylation is 1. The van der Waals surface area contributed by atoms with Gasteiger partial charge in [0.1, 0.15) is 17.7 Å². The fourth-order valence-corrected chi connectivity index (χ4v) is 4.30. The maximum absolute atomic E-state index is 11.7. The van der Waals surface area contributed by atoms with E-state index >= 15 is 0 Å². The first-order chi connectivity index (χ1) is 13.4. The van der Waals surface area contributed by atoms with Crippen LogP contribution in [0.15, 0.2) is 36.7 Å². The number of methoxy groups -OCH3 is 1. The summed E-state index contributed by atoms with van der Waals surface area (Å²) in [4.78, 5) is 12.2. The zero-order valence-corrected chi connectivity index (χ0v) is 16.9. The van der Waals surface area contributed by atoms with Crippen molar-refractivity contribution < 1.29 is 13.2 Å². The topological polar surface area (TPSA) is 88.2 Å². The molecule has 2 aromatic heterocycles. The molecule has 1 N–H and O–H groups in total. The Morgan fingerprint density at radius 3 is 2.71 bits per heavy atom. The van der Waals surface area contributed by atoms with Gasteiger partial charge in [0.25, 0.3) is 0 Å². The second kappa shape index (κ2) is 7.03. The predicted octanol–water partition coefficient (Wildman–Crippen LogP) is 2.99. The van der Waals surface area contributed by atoms with Gasteiger partial charge in [-0.1, -0.05) is 17.7 Å². The molecule has 3 heterocycles. The number of benzene rings is 1. The zero-order chi connectivity index (χ0) is 19.9. The highest BCUT2D eigenvalue weighted by molar-refractivity contribution is 7.88. The molecule has 0 fully saturated rings. The number of rotatable bonds is 4. The van der Waals surface area contributed by atoms with Crippen molar-refractivity contribution in [1.82, 2.24) is 19.3 Å². The van der Waals surface area contributed by atoms with Gasteiger partial charge < -0.3 is 9.72 Å². The Bertz CT molecular complexity index is 1180. The monoisotopic (exact) mass is 398 g/mol. The van der Waals surface area contributed by atoms with E-state index in [0.717, 1.165) is 44.9 Å². The second-order valence-electron chi connectivity index (χ2n) is 6.97. The van der Waals surface area contributed by atoms with Crippen molar-refractivity contribution >= 4 is 26.6 Å². The van der Waals surface area contributed by atoms with Crippen molar-refractivity contribution in [2.24, 2.45) is 0 Å². The Hall–Kier alpha value is -2.71. The minimum Gasteiger partial charge on any atom is -0.496 e. The molecule has 8 heteroatoms. The van der Waals surface area contributed by atoms with Crippen molar-refractivity contribution in [1.29, 1.82) is 0 Å². The third-order valence-corrected chi connectivity index (χ3v) is 6.29. The Morgan fingerprint density at radius 1 is 1.21 bits per heavy atom. The number of nitrogens with zero attached hydrogens (tertiary/aromatic N) is 3. The summed E-state index contributed by atoms with van der Waals surface area (Å²) < 4.78 is 30.4. The molecule has 1 aliphatic rings. The smallest absolute Gasteiger partial charge is 0.211 e. The van der Waals surface area contributed by atoms with E-state index in [-0.39, 0.29) is 0 Å². The predicted molar refractivity (Wildman–Crippen MR) is 110 cm³/mol. The maximum atomic E-state index is 11.7. The van der Waals surface area contributed by atoms with Crippen LogP contribution in [0.3, 0.4) is 0 Å². The lowest BCUT2D eigenvalue weighted by atomic mass is 10.0. The first-order valence-corrected chi connectivity index (χ1v) is 10.8. The molecular weight excluding hydrogens is 376 g/mol. The van der Waals surface area contributed by atoms with E-state index in [9.17, 15) is 8.42 Å². The molecule has 146 valence electrons. The Labute approximate surface area is 164 Å². The highest BCUT2D eigenvalue weighted by atomic mass is 32.2. The fourth-order valence-electron chi connectivity index (χ4n) is 3.53. The van der Waals surface area contributed by atoms with E-state index in [1.807, 2.05) is 31.2 Å². The van der Waals surface area contributed by atoms with E-state index in [2.05, 4.69) is 21.0 Å². The summed E-state index contributed by atoms with van der Waals surface area (Å²) >= 11 is 0. The minimum atomic E-state index is -3.17. The van der Waals surface area contributed by atoms with E-state index in [0.29, 0.717) is 19.5 Å². The van der Waals surface area contributed by atoms with Crippen LogP contribution in [-0.2, 0) is 10.0 Å². The van der Waals surface area contributed by atoms with Gasteiger partial charge in [-0.2, -0.15) is 4.31 Å². The third-order valence-electron chi connectivity index (χ3n) is 5.02. The van der Waals surface area contributed by atoms with Crippen molar-refractivity contribution in [3.63, 3.8) is 0 Å². The third kappa shape index (κ3) is 3.41. The summed E-state index contributed by atoms with van der Waals surface area (Å²) in [5.74, 6) is 0.758. The SMILES string of the molecule is COc1ccc(C)cc1-c1ncnc2[nH]c(C3=CCN(S(C)(=O)=O)CC3)cc12. The van der Waals surface area contributed by atoms with Gasteiger partial charge in [-0.15, -0.1) is 0 Å². The molecule has 28 heavy (non-hydrogen) atoms. The van der Waals surface area contributed by atoms with Gasteiger partial charge >= 0.3 is 0 Å². The largest absolute Gasteiger partial charge is 0.496 e. The molecule has 0 amide bonds. The van der Waals surface area contributed by atoms with Crippen LogP contribution in [0.4, 0.5) is 0 Å². The number of hydrogen-bond donors (Lipinski definition) is 1. The summed E-state index contributed by atoms with van der Waals surface area (Å²) in [5.41, 5.74) is 5.62. The molecular formula is C20H22N4O3S. The molecule has 1 aliphatic heterocycles. The summed E-state index contributed by atoms with van der Waals surface area (Å²) in [5, 5.41) is 0.910. The summed E-state index contributed by atoms with van der Waals surface area (Å²) in [6, 6.07) is 8.03. The molecule has 0 unspecified atom stereocenters. The van der Waals surface area contributed by atoms with E-state index in [1.54, 1.807) is 13.4 Å². The fraction of sp³-hybridized carbons (Fsp3) is 0.300. The van der Waals surface area contributed by atoms with Crippen LogP contribution in [0.2, 0.25) is 0 Å². The van der Waals surface area contributed by atoms with Crippen LogP contribution in [0, 0.1) is 6.92 Å². The number of aromatic amines is 1. The molecule has 7 nitrogen and oxygen atoms in total. The minimum absolute atomic E-state index is 0.383. The standard InChI is InChI=1S/C20H22N4O3S/c1-13-4-5-18(27-2)15(10-13)19-16-11-17(23-20(16)22-12-21-19)14-6-8-24(9-7-14)28(3,25)26/h4-6,10-12H,7-9H2,1-3H3,(H,21,22,23). The lowest BCUT2D eigenvalue weighted by Crippen LogP contribution is -2.33. The number of nitrogens with one attached hydrogen (secondary N) is 1. The van der Waals surface area contributed by atoms with Gasteiger partial charge in [-0.05, 0) is 37.1 Å². The number of H-pyrrole nitrogens is 1. The molecule has 0 radical (unpaired) electrons. The Kier molecular flexibility index (Phi) is 4.68. The molecule has 0 bridgehead atoms. The van der Waals surface area contributed by atoms with Gasteiger partial charge in [0.15, 0.2) is 0 Å². The normalized spacial score (nSPS) is 15.6. The summed E-state index contributed by atoms with van der Waals surface area (Å²) in [6.45, 7) is 2.89. The Balaban J connectivity index is 1.77. The maximum Gasteiger partial charge on any atom is 0.211 e. The first-order valence-electron chi connectivity index (χ1n) is 9.00. The highest BCUT2D eigenvalue weighted by Gasteiger charge is 2.22. The number of fused-ring (bicyclic) bond motifs is 1. The van der Waals surface area contributed by atoms with Crippen LogP contribution in [-0.4, -0.2) is 54.1 Å². The van der Waals surface area contributed by atoms with E-state index < -0.39 is 10.0 Å². The van der Waals surface area contributed by atoms with Crippen molar-refractivity contribution in [2.75, 3.05) is 26.5 Å². The Morgan fingerprint density at radius 2 is 2.04 bits per heavy atom. The molecule has 4 rings (SSSR count). The van der Waals surface area contributed by atoms with Crippen LogP contribution in [0.5, 0.6) is 5.75 Å². The van der Waals surface area contributed by atoms with Crippen molar-refractivity contribution in [2.45, 2.75) is 13.3 Å². The molecule has 0 saturated heterocycles. The molecule has 1 aromatic carbocycles. The van der Waals surface area contributed by atoms with Crippen molar-refractivity contribution in [3.8, 4) is 17.0 Å². The lowest BCUT2D eigenvalue weighted by molar-refractivity contribution is 0.416. The number of ether oxygens (including phenoxy) is 1. The van der Waals surface area contributed by atoms with Gasteiger partial charge in [-0.3, -0.25) is 0 Å².